The Morgan fingerprint density at radius 1 is 1.37 bits per heavy atom. The summed E-state index contributed by atoms with van der Waals surface area (Å²) in [6.07, 6.45) is 5.79. The number of nitrogen functional groups attached to an aromatic ring is 1. The maximum atomic E-state index is 11.9. The zero-order valence-electron chi connectivity index (χ0n) is 11.7. The Balaban J connectivity index is 2.32. The monoisotopic (exact) mass is 265 g/mol. The first-order valence-corrected chi connectivity index (χ1v) is 7.01. The van der Waals surface area contributed by atoms with E-state index in [-0.39, 0.29) is 16.9 Å². The van der Waals surface area contributed by atoms with Gasteiger partial charge in [-0.05, 0) is 30.6 Å². The molecule has 5 nitrogen and oxygen atoms in total. The van der Waals surface area contributed by atoms with E-state index in [9.17, 15) is 9.59 Å². The standard InChI is InChI=1S/C14H23N3O2/c1-10(2)8-14(5-3-4-6-14)9-17-11(15)7-12(18)16-13(17)19/h7,10H,3-6,8-9,15H2,1-2H3,(H,16,18,19). The number of hydrogen-bond donors (Lipinski definition) is 2. The van der Waals surface area contributed by atoms with Gasteiger partial charge in [0.05, 0.1) is 0 Å². The van der Waals surface area contributed by atoms with E-state index in [4.69, 9.17) is 5.73 Å². The SMILES string of the molecule is CC(C)CC1(Cn2c(N)cc(=O)[nH]c2=O)CCCC1. The number of nitrogens with two attached hydrogens (primary N) is 1. The third-order valence-electron chi connectivity index (χ3n) is 4.06. The molecule has 19 heavy (non-hydrogen) atoms. The van der Waals surface area contributed by atoms with E-state index >= 15 is 0 Å². The molecule has 0 spiro atoms. The van der Waals surface area contributed by atoms with E-state index in [1.807, 2.05) is 0 Å². The summed E-state index contributed by atoms with van der Waals surface area (Å²) in [5, 5.41) is 0. The van der Waals surface area contributed by atoms with Crippen LogP contribution in [0, 0.1) is 11.3 Å². The molecule has 0 atom stereocenters. The summed E-state index contributed by atoms with van der Waals surface area (Å²) in [5.41, 5.74) is 5.17. The number of nitrogens with zero attached hydrogens (tertiary/aromatic N) is 1. The Kier molecular flexibility index (Phi) is 3.83. The van der Waals surface area contributed by atoms with E-state index in [0.717, 1.165) is 19.3 Å². The predicted octanol–water partition coefficient (Wildman–Crippen LogP) is 1.73. The average molecular weight is 265 g/mol. The molecule has 3 N–H and O–H groups in total. The predicted molar refractivity (Wildman–Crippen MR) is 76.1 cm³/mol. The van der Waals surface area contributed by atoms with Gasteiger partial charge in [-0.25, -0.2) is 4.79 Å². The van der Waals surface area contributed by atoms with Gasteiger partial charge in [0, 0.05) is 12.6 Å². The van der Waals surface area contributed by atoms with E-state index in [2.05, 4.69) is 18.8 Å². The van der Waals surface area contributed by atoms with Crippen molar-refractivity contribution in [3.8, 4) is 0 Å². The van der Waals surface area contributed by atoms with Crippen LogP contribution in [0.4, 0.5) is 5.82 Å². The third kappa shape index (κ3) is 3.08. The van der Waals surface area contributed by atoms with Crippen LogP contribution in [0.1, 0.15) is 46.0 Å². The maximum Gasteiger partial charge on any atom is 0.329 e. The van der Waals surface area contributed by atoms with Gasteiger partial charge in [0.2, 0.25) is 0 Å². The summed E-state index contributed by atoms with van der Waals surface area (Å²) >= 11 is 0. The van der Waals surface area contributed by atoms with Crippen molar-refractivity contribution < 1.29 is 0 Å². The van der Waals surface area contributed by atoms with Gasteiger partial charge in [0.1, 0.15) is 5.82 Å². The van der Waals surface area contributed by atoms with Crippen LogP contribution in [0.2, 0.25) is 0 Å². The highest BCUT2D eigenvalue weighted by Gasteiger charge is 2.35. The van der Waals surface area contributed by atoms with Gasteiger partial charge < -0.3 is 5.73 Å². The Labute approximate surface area is 112 Å². The molecular weight excluding hydrogens is 242 g/mol. The van der Waals surface area contributed by atoms with Crippen LogP contribution in [0.15, 0.2) is 15.7 Å². The normalized spacial score (nSPS) is 18.1. The van der Waals surface area contributed by atoms with Crippen molar-refractivity contribution in [2.24, 2.45) is 11.3 Å². The van der Waals surface area contributed by atoms with Crippen LogP contribution in [0.25, 0.3) is 0 Å². The number of rotatable bonds is 4. The summed E-state index contributed by atoms with van der Waals surface area (Å²) < 4.78 is 1.52. The van der Waals surface area contributed by atoms with Crippen molar-refractivity contribution in [2.75, 3.05) is 5.73 Å². The second-order valence-electron chi connectivity index (χ2n) is 6.25. The van der Waals surface area contributed by atoms with Gasteiger partial charge in [-0.2, -0.15) is 0 Å². The summed E-state index contributed by atoms with van der Waals surface area (Å²) in [4.78, 5) is 25.4. The second-order valence-corrected chi connectivity index (χ2v) is 6.25. The fraction of sp³-hybridized carbons (Fsp3) is 0.714. The Hall–Kier alpha value is -1.52. The van der Waals surface area contributed by atoms with Crippen molar-refractivity contribution in [3.05, 3.63) is 26.9 Å². The summed E-state index contributed by atoms with van der Waals surface area (Å²) in [5.74, 6) is 0.863. The molecule has 1 heterocycles. The molecule has 0 bridgehead atoms. The molecule has 1 aliphatic rings. The van der Waals surface area contributed by atoms with E-state index in [1.165, 1.54) is 23.5 Å². The quantitative estimate of drug-likeness (QED) is 0.869. The topological polar surface area (TPSA) is 80.9 Å². The van der Waals surface area contributed by atoms with Gasteiger partial charge in [0.25, 0.3) is 5.56 Å². The molecular formula is C14H23N3O2. The van der Waals surface area contributed by atoms with Crippen molar-refractivity contribution in [3.63, 3.8) is 0 Å². The fourth-order valence-electron chi connectivity index (χ4n) is 3.45. The highest BCUT2D eigenvalue weighted by atomic mass is 16.2. The molecule has 2 rings (SSSR count). The van der Waals surface area contributed by atoms with Crippen LogP contribution in [0.5, 0.6) is 0 Å². The number of anilines is 1. The smallest absolute Gasteiger partial charge is 0.329 e. The van der Waals surface area contributed by atoms with Crippen LogP contribution in [0.3, 0.4) is 0 Å². The second kappa shape index (κ2) is 5.23. The van der Waals surface area contributed by atoms with Gasteiger partial charge >= 0.3 is 5.69 Å². The zero-order valence-corrected chi connectivity index (χ0v) is 11.7. The molecule has 0 aromatic carbocycles. The van der Waals surface area contributed by atoms with Gasteiger partial charge in [-0.3, -0.25) is 14.3 Å². The molecule has 0 saturated heterocycles. The molecule has 1 aromatic rings. The number of nitrogens with one attached hydrogen (secondary N) is 1. The zero-order chi connectivity index (χ0) is 14.0. The summed E-state index contributed by atoms with van der Waals surface area (Å²) in [6.45, 7) is 5.03. The van der Waals surface area contributed by atoms with Gasteiger partial charge in [0.15, 0.2) is 0 Å². The molecule has 106 valence electrons. The molecule has 1 aromatic heterocycles. The van der Waals surface area contributed by atoms with E-state index < -0.39 is 5.56 Å². The lowest BCUT2D eigenvalue weighted by atomic mass is 9.78. The maximum absolute atomic E-state index is 11.9. The van der Waals surface area contributed by atoms with Crippen LogP contribution in [-0.4, -0.2) is 9.55 Å². The largest absolute Gasteiger partial charge is 0.385 e. The van der Waals surface area contributed by atoms with E-state index in [1.54, 1.807) is 0 Å². The first-order valence-electron chi connectivity index (χ1n) is 7.01. The molecule has 0 aliphatic heterocycles. The fourth-order valence-corrected chi connectivity index (χ4v) is 3.45. The Bertz CT molecular complexity index is 551. The Morgan fingerprint density at radius 2 is 2.00 bits per heavy atom. The third-order valence-corrected chi connectivity index (χ3v) is 4.06. The minimum absolute atomic E-state index is 0.157. The molecule has 1 saturated carbocycles. The van der Waals surface area contributed by atoms with Crippen molar-refractivity contribution >= 4 is 5.82 Å². The molecule has 5 heteroatoms. The van der Waals surface area contributed by atoms with Crippen molar-refractivity contribution in [1.82, 2.24) is 9.55 Å². The van der Waals surface area contributed by atoms with Crippen LogP contribution in [-0.2, 0) is 6.54 Å². The lowest BCUT2D eigenvalue weighted by Gasteiger charge is -2.32. The lowest BCUT2D eigenvalue weighted by Crippen LogP contribution is -2.37. The average Bonchev–Trinajstić information content (AvgIpc) is 2.71. The highest BCUT2D eigenvalue weighted by molar-refractivity contribution is 5.26. The lowest BCUT2D eigenvalue weighted by molar-refractivity contribution is 0.195. The number of aromatic nitrogens is 2. The number of H-pyrrole nitrogens is 1. The van der Waals surface area contributed by atoms with Crippen LogP contribution >= 0.6 is 0 Å². The van der Waals surface area contributed by atoms with Crippen molar-refractivity contribution in [2.45, 2.75) is 52.5 Å². The molecule has 1 fully saturated rings. The van der Waals surface area contributed by atoms with E-state index in [0.29, 0.717) is 12.5 Å². The summed E-state index contributed by atoms with van der Waals surface area (Å²) in [6, 6.07) is 1.29. The molecule has 0 radical (unpaired) electrons. The minimum atomic E-state index is -0.428. The molecule has 0 unspecified atom stereocenters. The first-order chi connectivity index (χ1) is 8.92. The number of aromatic amines is 1. The van der Waals surface area contributed by atoms with Gasteiger partial charge in [-0.1, -0.05) is 26.7 Å². The summed E-state index contributed by atoms with van der Waals surface area (Å²) in [7, 11) is 0. The first kappa shape index (κ1) is 13.9. The highest BCUT2D eigenvalue weighted by Crippen LogP contribution is 2.44. The van der Waals surface area contributed by atoms with Gasteiger partial charge in [-0.15, -0.1) is 0 Å². The molecule has 1 aliphatic carbocycles. The minimum Gasteiger partial charge on any atom is -0.385 e. The Morgan fingerprint density at radius 3 is 2.53 bits per heavy atom. The molecule has 0 amide bonds. The van der Waals surface area contributed by atoms with Crippen LogP contribution < -0.4 is 17.0 Å². The van der Waals surface area contributed by atoms with Crippen molar-refractivity contribution in [1.29, 1.82) is 0 Å². The number of hydrogen-bond acceptors (Lipinski definition) is 3.